The Kier molecular flexibility index (Phi) is 6.17. The molecule has 0 aliphatic rings. The summed E-state index contributed by atoms with van der Waals surface area (Å²) in [7, 11) is 0. The van der Waals surface area contributed by atoms with Crippen molar-refractivity contribution in [2.24, 2.45) is 11.3 Å². The van der Waals surface area contributed by atoms with Gasteiger partial charge in [0.2, 0.25) is 5.91 Å². The van der Waals surface area contributed by atoms with Crippen LogP contribution in [0.4, 0.5) is 0 Å². The van der Waals surface area contributed by atoms with Crippen molar-refractivity contribution in [1.29, 1.82) is 0 Å². The van der Waals surface area contributed by atoms with Crippen molar-refractivity contribution in [2.75, 3.05) is 13.1 Å². The van der Waals surface area contributed by atoms with E-state index in [0.29, 0.717) is 5.92 Å². The molecule has 102 valence electrons. The number of carbonyl (C=O) groups excluding carboxylic acids is 1. The van der Waals surface area contributed by atoms with E-state index in [0.717, 1.165) is 19.5 Å². The van der Waals surface area contributed by atoms with Crippen LogP contribution in [0.25, 0.3) is 0 Å². The van der Waals surface area contributed by atoms with E-state index in [1.807, 2.05) is 13.8 Å². The number of rotatable bonds is 7. The summed E-state index contributed by atoms with van der Waals surface area (Å²) < 4.78 is 0. The molecule has 0 aliphatic heterocycles. The van der Waals surface area contributed by atoms with Crippen LogP contribution in [-0.4, -0.2) is 24.5 Å². The van der Waals surface area contributed by atoms with Gasteiger partial charge >= 0.3 is 0 Å². The normalized spacial score (nSPS) is 12.9. The van der Waals surface area contributed by atoms with Gasteiger partial charge in [-0.25, -0.2) is 0 Å². The maximum atomic E-state index is 12.1. The lowest BCUT2D eigenvalue weighted by Crippen LogP contribution is -2.48. The smallest absolute Gasteiger partial charge is 0.225 e. The van der Waals surface area contributed by atoms with E-state index in [4.69, 9.17) is 0 Å². The quantitative estimate of drug-likeness (QED) is 0.720. The number of hydrogen-bond donors (Lipinski definition) is 2. The van der Waals surface area contributed by atoms with E-state index in [1.165, 1.54) is 0 Å². The molecule has 0 atom stereocenters. The summed E-state index contributed by atoms with van der Waals surface area (Å²) in [5, 5.41) is 6.44. The summed E-state index contributed by atoms with van der Waals surface area (Å²) >= 11 is 0. The fraction of sp³-hybridized carbons (Fsp3) is 0.929. The molecule has 0 saturated carbocycles. The van der Waals surface area contributed by atoms with Crippen molar-refractivity contribution in [3.8, 4) is 0 Å². The van der Waals surface area contributed by atoms with Crippen LogP contribution in [-0.2, 0) is 4.79 Å². The lowest BCUT2D eigenvalue weighted by Gasteiger charge is -2.34. The molecule has 0 aromatic rings. The second kappa shape index (κ2) is 6.39. The van der Waals surface area contributed by atoms with Gasteiger partial charge < -0.3 is 10.6 Å². The molecule has 0 aromatic carbocycles. The van der Waals surface area contributed by atoms with Gasteiger partial charge in [-0.05, 0) is 32.7 Å². The average Bonchev–Trinajstić information content (AvgIpc) is 2.11. The zero-order valence-electron chi connectivity index (χ0n) is 12.6. The van der Waals surface area contributed by atoms with Crippen LogP contribution in [0.1, 0.15) is 54.9 Å². The third-order valence-electron chi connectivity index (χ3n) is 2.82. The highest BCUT2D eigenvalue weighted by Gasteiger charge is 2.34. The second-order valence-electron chi connectivity index (χ2n) is 6.58. The summed E-state index contributed by atoms with van der Waals surface area (Å²) in [6.45, 7) is 16.3. The molecule has 3 nitrogen and oxygen atoms in total. The topological polar surface area (TPSA) is 41.1 Å². The molecule has 17 heavy (non-hydrogen) atoms. The van der Waals surface area contributed by atoms with E-state index in [2.05, 4.69) is 45.3 Å². The van der Waals surface area contributed by atoms with E-state index >= 15 is 0 Å². The van der Waals surface area contributed by atoms with E-state index in [-0.39, 0.29) is 16.9 Å². The number of amides is 1. The van der Waals surface area contributed by atoms with Crippen LogP contribution in [0.3, 0.4) is 0 Å². The Morgan fingerprint density at radius 3 is 2.12 bits per heavy atom. The Balaban J connectivity index is 4.40. The minimum atomic E-state index is -0.333. The maximum absolute atomic E-state index is 12.1. The Bertz CT molecular complexity index is 245. The van der Waals surface area contributed by atoms with Crippen molar-refractivity contribution >= 4 is 5.91 Å². The molecule has 0 aliphatic carbocycles. The molecule has 2 N–H and O–H groups in total. The molecule has 0 radical (unpaired) electrons. The monoisotopic (exact) mass is 242 g/mol. The second-order valence-corrected chi connectivity index (χ2v) is 6.58. The fourth-order valence-electron chi connectivity index (χ4n) is 2.26. The Morgan fingerprint density at radius 1 is 1.18 bits per heavy atom. The number of hydrogen-bond acceptors (Lipinski definition) is 2. The standard InChI is InChI=1S/C14H30N2O/c1-8-16-14(6,7)10-13(4,5)12(17)15-9-11(2)3/h11,16H,8-10H2,1-7H3,(H,15,17). The van der Waals surface area contributed by atoms with Crippen LogP contribution < -0.4 is 10.6 Å². The third kappa shape index (κ3) is 6.67. The van der Waals surface area contributed by atoms with E-state index in [1.54, 1.807) is 0 Å². The Labute approximate surface area is 107 Å². The molecule has 0 bridgehead atoms. The first kappa shape index (κ1) is 16.4. The zero-order valence-corrected chi connectivity index (χ0v) is 12.6. The highest BCUT2D eigenvalue weighted by atomic mass is 16.2. The van der Waals surface area contributed by atoms with Gasteiger partial charge in [0.15, 0.2) is 0 Å². The maximum Gasteiger partial charge on any atom is 0.225 e. The lowest BCUT2D eigenvalue weighted by atomic mass is 9.79. The molecular weight excluding hydrogens is 212 g/mol. The highest BCUT2D eigenvalue weighted by Crippen LogP contribution is 2.28. The third-order valence-corrected chi connectivity index (χ3v) is 2.82. The van der Waals surface area contributed by atoms with Gasteiger partial charge in [-0.3, -0.25) is 4.79 Å². The van der Waals surface area contributed by atoms with Crippen LogP contribution in [0.2, 0.25) is 0 Å². The number of nitrogens with one attached hydrogen (secondary N) is 2. The summed E-state index contributed by atoms with van der Waals surface area (Å²) in [6.07, 6.45) is 0.831. The first-order valence-electron chi connectivity index (χ1n) is 6.64. The summed E-state index contributed by atoms with van der Waals surface area (Å²) in [5.74, 6) is 0.647. The summed E-state index contributed by atoms with van der Waals surface area (Å²) in [4.78, 5) is 12.1. The van der Waals surface area contributed by atoms with E-state index in [9.17, 15) is 4.79 Å². The van der Waals surface area contributed by atoms with Gasteiger partial charge in [-0.1, -0.05) is 34.6 Å². The molecular formula is C14H30N2O. The van der Waals surface area contributed by atoms with Crippen LogP contribution in [0.5, 0.6) is 0 Å². The highest BCUT2D eigenvalue weighted by molar-refractivity contribution is 5.81. The molecule has 0 heterocycles. The van der Waals surface area contributed by atoms with E-state index < -0.39 is 0 Å². The van der Waals surface area contributed by atoms with Crippen molar-refractivity contribution in [3.05, 3.63) is 0 Å². The fourth-order valence-corrected chi connectivity index (χ4v) is 2.26. The Morgan fingerprint density at radius 2 is 1.71 bits per heavy atom. The zero-order chi connectivity index (χ0) is 13.7. The summed E-state index contributed by atoms with van der Waals surface area (Å²) in [6, 6.07) is 0. The number of carbonyl (C=O) groups is 1. The predicted molar refractivity (Wildman–Crippen MR) is 74.0 cm³/mol. The van der Waals surface area contributed by atoms with Gasteiger partial charge in [0.05, 0.1) is 0 Å². The van der Waals surface area contributed by atoms with Crippen molar-refractivity contribution in [3.63, 3.8) is 0 Å². The van der Waals surface area contributed by atoms with Crippen LogP contribution in [0, 0.1) is 11.3 Å². The first-order chi connectivity index (χ1) is 7.60. The summed E-state index contributed by atoms with van der Waals surface area (Å²) in [5.41, 5.74) is -0.339. The Hall–Kier alpha value is -0.570. The van der Waals surface area contributed by atoms with Crippen LogP contribution in [0.15, 0.2) is 0 Å². The van der Waals surface area contributed by atoms with Gasteiger partial charge in [0.1, 0.15) is 0 Å². The molecule has 0 aromatic heterocycles. The molecule has 0 spiro atoms. The van der Waals surface area contributed by atoms with Gasteiger partial charge in [0, 0.05) is 17.5 Å². The van der Waals surface area contributed by atoms with Crippen LogP contribution >= 0.6 is 0 Å². The van der Waals surface area contributed by atoms with Crippen molar-refractivity contribution < 1.29 is 4.79 Å². The lowest BCUT2D eigenvalue weighted by molar-refractivity contribution is -0.130. The minimum absolute atomic E-state index is 0.00653. The molecule has 0 rings (SSSR count). The van der Waals surface area contributed by atoms with Crippen molar-refractivity contribution in [1.82, 2.24) is 10.6 Å². The first-order valence-corrected chi connectivity index (χ1v) is 6.64. The molecule has 0 fully saturated rings. The molecule has 0 unspecified atom stereocenters. The average molecular weight is 242 g/mol. The molecule has 3 heteroatoms. The van der Waals surface area contributed by atoms with Gasteiger partial charge in [-0.15, -0.1) is 0 Å². The van der Waals surface area contributed by atoms with Gasteiger partial charge in [-0.2, -0.15) is 0 Å². The minimum Gasteiger partial charge on any atom is -0.355 e. The van der Waals surface area contributed by atoms with Gasteiger partial charge in [0.25, 0.3) is 0 Å². The largest absolute Gasteiger partial charge is 0.355 e. The predicted octanol–water partition coefficient (Wildman–Crippen LogP) is 2.56. The molecule has 1 amide bonds. The molecule has 0 saturated heterocycles. The SMILES string of the molecule is CCNC(C)(C)CC(C)(C)C(=O)NCC(C)C. The van der Waals surface area contributed by atoms with Crippen molar-refractivity contribution in [2.45, 2.75) is 60.4 Å².